The third kappa shape index (κ3) is 2.77. The molecule has 5 rings (SSSR count). The molecule has 1 aromatic rings. The monoisotopic (exact) mass is 468 g/mol. The predicted molar refractivity (Wildman–Crippen MR) is 121 cm³/mol. The standard InChI is InChI=1S/C25H28N2O7/c1-24(2)7-10(8-24)11-3-4-14(28)16-12(11)5-9-6-13-18(26)20(30)17(23(27)33)22(32)25(13,34)21(31)15(9)19(16)29/h3-4,9-10,13,18,28-29,32,34H,5-8,26H2,1-2H3,(H2,27,33)/t9?,13?,18-,25+/m1/s1. The van der Waals surface area contributed by atoms with Crippen molar-refractivity contribution in [1.29, 1.82) is 0 Å². The Balaban J connectivity index is 1.67. The van der Waals surface area contributed by atoms with Gasteiger partial charge in [-0.1, -0.05) is 19.9 Å². The molecule has 0 radical (unpaired) electrons. The van der Waals surface area contributed by atoms with Crippen molar-refractivity contribution in [2.45, 2.75) is 57.1 Å². The Kier molecular flexibility index (Phi) is 4.61. The van der Waals surface area contributed by atoms with Crippen LogP contribution < -0.4 is 11.5 Å². The van der Waals surface area contributed by atoms with Gasteiger partial charge in [-0.2, -0.15) is 0 Å². The number of primary amides is 1. The van der Waals surface area contributed by atoms with E-state index in [0.717, 1.165) is 24.0 Å². The number of hydrogen-bond acceptors (Lipinski definition) is 8. The lowest BCUT2D eigenvalue weighted by atomic mass is 9.56. The van der Waals surface area contributed by atoms with E-state index in [4.69, 9.17) is 11.5 Å². The molecule has 0 aliphatic heterocycles. The number of carbonyl (C=O) groups excluding carboxylic acids is 3. The first kappa shape index (κ1) is 22.6. The topological polar surface area (TPSA) is 184 Å². The minimum absolute atomic E-state index is 0.00926. The molecule has 8 N–H and O–H groups in total. The van der Waals surface area contributed by atoms with E-state index < -0.39 is 58.0 Å². The lowest BCUT2D eigenvalue weighted by Crippen LogP contribution is -2.65. The second-order valence-corrected chi connectivity index (χ2v) is 10.9. The summed E-state index contributed by atoms with van der Waals surface area (Å²) in [6, 6.07) is 1.89. The zero-order valence-electron chi connectivity index (χ0n) is 19.0. The number of aromatic hydroxyl groups is 1. The molecule has 0 heterocycles. The molecule has 0 bridgehead atoms. The quantitative estimate of drug-likeness (QED) is 0.350. The Morgan fingerprint density at radius 1 is 1.09 bits per heavy atom. The number of fused-ring (bicyclic) bond motifs is 3. The van der Waals surface area contributed by atoms with Crippen molar-refractivity contribution in [1.82, 2.24) is 0 Å². The predicted octanol–water partition coefficient (Wildman–Crippen LogP) is 1.26. The fourth-order valence-electron chi connectivity index (χ4n) is 6.62. The van der Waals surface area contributed by atoms with Gasteiger partial charge in [0.2, 0.25) is 5.78 Å². The summed E-state index contributed by atoms with van der Waals surface area (Å²) in [5.74, 6) is -6.66. The maximum absolute atomic E-state index is 13.6. The van der Waals surface area contributed by atoms with Gasteiger partial charge in [0.05, 0.1) is 11.6 Å². The van der Waals surface area contributed by atoms with Crippen LogP contribution in [0.4, 0.5) is 0 Å². The number of ketones is 2. The molecular formula is C25H28N2O7. The summed E-state index contributed by atoms with van der Waals surface area (Å²) < 4.78 is 0. The van der Waals surface area contributed by atoms with Gasteiger partial charge in [0, 0.05) is 11.5 Å². The van der Waals surface area contributed by atoms with Crippen LogP contribution >= 0.6 is 0 Å². The van der Waals surface area contributed by atoms with Gasteiger partial charge in [-0.15, -0.1) is 0 Å². The van der Waals surface area contributed by atoms with Crippen LogP contribution in [0.1, 0.15) is 55.7 Å². The Hall–Kier alpha value is -3.17. The van der Waals surface area contributed by atoms with Crippen molar-refractivity contribution < 1.29 is 34.8 Å². The summed E-state index contributed by atoms with van der Waals surface area (Å²) in [6.45, 7) is 4.35. The zero-order chi connectivity index (χ0) is 24.9. The molecule has 4 aliphatic rings. The highest BCUT2D eigenvalue weighted by molar-refractivity contribution is 6.24. The largest absolute Gasteiger partial charge is 0.508 e. The highest BCUT2D eigenvalue weighted by atomic mass is 16.3. The smallest absolute Gasteiger partial charge is 0.255 e. The third-order valence-corrected chi connectivity index (χ3v) is 8.21. The van der Waals surface area contributed by atoms with Gasteiger partial charge in [0.25, 0.3) is 5.91 Å². The number of amides is 1. The van der Waals surface area contributed by atoms with Crippen molar-refractivity contribution in [2.75, 3.05) is 0 Å². The maximum Gasteiger partial charge on any atom is 0.255 e. The van der Waals surface area contributed by atoms with Crippen LogP contribution in [0.5, 0.6) is 5.75 Å². The van der Waals surface area contributed by atoms with Gasteiger partial charge in [0.15, 0.2) is 11.4 Å². The number of aliphatic hydroxyl groups excluding tert-OH is 2. The van der Waals surface area contributed by atoms with Crippen LogP contribution in [0.15, 0.2) is 29.0 Å². The summed E-state index contributed by atoms with van der Waals surface area (Å²) in [5.41, 5.74) is 9.57. The van der Waals surface area contributed by atoms with Crippen LogP contribution in [0, 0.1) is 17.3 Å². The second kappa shape index (κ2) is 6.93. The van der Waals surface area contributed by atoms with Crippen LogP contribution in [-0.4, -0.2) is 49.5 Å². The molecule has 0 spiro atoms. The summed E-state index contributed by atoms with van der Waals surface area (Å²) in [5, 5.41) is 43.8. The van der Waals surface area contributed by atoms with Crippen LogP contribution in [0.2, 0.25) is 0 Å². The average molecular weight is 469 g/mol. The molecule has 4 atom stereocenters. The lowest BCUT2D eigenvalue weighted by Gasteiger charge is -2.49. The van der Waals surface area contributed by atoms with Crippen molar-refractivity contribution in [3.63, 3.8) is 0 Å². The molecule has 2 saturated carbocycles. The number of benzene rings is 1. The van der Waals surface area contributed by atoms with Gasteiger partial charge in [-0.3, -0.25) is 14.4 Å². The highest BCUT2D eigenvalue weighted by Crippen LogP contribution is 2.56. The second-order valence-electron chi connectivity index (χ2n) is 10.9. The number of hydrogen-bond donors (Lipinski definition) is 6. The van der Waals surface area contributed by atoms with E-state index in [-0.39, 0.29) is 34.6 Å². The summed E-state index contributed by atoms with van der Waals surface area (Å²) in [6.07, 6.45) is 2.19. The molecule has 9 heteroatoms. The van der Waals surface area contributed by atoms with Crippen LogP contribution in [0.25, 0.3) is 5.76 Å². The third-order valence-electron chi connectivity index (χ3n) is 8.21. The van der Waals surface area contributed by atoms with Gasteiger partial charge in [-0.25, -0.2) is 0 Å². The number of nitrogens with two attached hydrogens (primary N) is 2. The number of aliphatic hydroxyl groups is 3. The molecule has 0 aromatic heterocycles. The van der Waals surface area contributed by atoms with Crippen molar-refractivity contribution in [3.05, 3.63) is 45.7 Å². The number of Topliss-reactive ketones (excluding diaryl/α,β-unsaturated/α-hetero) is 2. The maximum atomic E-state index is 13.6. The minimum atomic E-state index is -2.68. The van der Waals surface area contributed by atoms with Gasteiger partial charge in [0.1, 0.15) is 22.8 Å². The summed E-state index contributed by atoms with van der Waals surface area (Å²) in [4.78, 5) is 38.0. The average Bonchev–Trinajstić information content (AvgIpc) is 2.72. The first-order valence-electron chi connectivity index (χ1n) is 11.4. The van der Waals surface area contributed by atoms with Crippen molar-refractivity contribution in [3.8, 4) is 5.75 Å². The fourth-order valence-corrected chi connectivity index (χ4v) is 6.62. The van der Waals surface area contributed by atoms with Gasteiger partial charge in [-0.05, 0) is 60.1 Å². The highest BCUT2D eigenvalue weighted by Gasteiger charge is 2.63. The molecule has 1 aromatic carbocycles. The SMILES string of the molecule is CC1(C)CC(c2ccc(O)c3c2CC2CC4[C@@H](N)C(=O)C(C(N)=O)=C(O)[C@@]4(O)C(=O)C2=C3O)C1. The molecule has 4 aliphatic carbocycles. The van der Waals surface area contributed by atoms with E-state index in [1.54, 1.807) is 0 Å². The molecule has 2 unspecified atom stereocenters. The first-order valence-corrected chi connectivity index (χ1v) is 11.4. The molecule has 9 nitrogen and oxygen atoms in total. The number of phenols is 1. The van der Waals surface area contributed by atoms with E-state index in [0.29, 0.717) is 6.42 Å². The zero-order valence-corrected chi connectivity index (χ0v) is 19.0. The summed E-state index contributed by atoms with van der Waals surface area (Å²) in [7, 11) is 0. The number of phenolic OH excluding ortho intramolecular Hbond substituents is 1. The molecule has 180 valence electrons. The first-order chi connectivity index (χ1) is 15.8. The minimum Gasteiger partial charge on any atom is -0.508 e. The van der Waals surface area contributed by atoms with E-state index in [9.17, 15) is 34.8 Å². The Morgan fingerprint density at radius 2 is 1.74 bits per heavy atom. The Labute approximate surface area is 195 Å². The fraction of sp³-hybridized carbons (Fsp3) is 0.480. The molecule has 34 heavy (non-hydrogen) atoms. The normalized spacial score (nSPS) is 32.6. The molecule has 0 saturated heterocycles. The van der Waals surface area contributed by atoms with E-state index in [1.165, 1.54) is 6.07 Å². The number of rotatable bonds is 2. The van der Waals surface area contributed by atoms with Crippen LogP contribution in [-0.2, 0) is 20.8 Å². The van der Waals surface area contributed by atoms with Gasteiger partial charge >= 0.3 is 0 Å². The molecular weight excluding hydrogens is 440 g/mol. The Morgan fingerprint density at radius 3 is 2.32 bits per heavy atom. The van der Waals surface area contributed by atoms with E-state index in [2.05, 4.69) is 13.8 Å². The lowest BCUT2D eigenvalue weighted by molar-refractivity contribution is -0.149. The van der Waals surface area contributed by atoms with Gasteiger partial charge < -0.3 is 31.9 Å². The van der Waals surface area contributed by atoms with Crippen LogP contribution in [0.3, 0.4) is 0 Å². The number of carbonyl (C=O) groups is 3. The Bertz CT molecular complexity index is 1240. The molecule has 2 fully saturated rings. The van der Waals surface area contributed by atoms with E-state index >= 15 is 0 Å². The van der Waals surface area contributed by atoms with E-state index in [1.807, 2.05) is 6.07 Å². The molecule has 1 amide bonds. The van der Waals surface area contributed by atoms with Crippen molar-refractivity contribution in [2.24, 2.45) is 28.7 Å². The van der Waals surface area contributed by atoms with Crippen molar-refractivity contribution >= 4 is 23.2 Å². The summed E-state index contributed by atoms with van der Waals surface area (Å²) >= 11 is 0.